The average Bonchev–Trinajstić information content (AvgIpc) is 3.19. The lowest BCUT2D eigenvalue weighted by molar-refractivity contribution is 0.207. The van der Waals surface area contributed by atoms with Crippen molar-refractivity contribution >= 4 is 12.4 Å². The normalized spacial score (nSPS) is 19.3. The first-order valence-corrected chi connectivity index (χ1v) is 9.10. The predicted molar refractivity (Wildman–Crippen MR) is 107 cm³/mol. The molecule has 142 valence electrons. The molecular weight excluding hydrogens is 362 g/mol. The number of benzene rings is 2. The Morgan fingerprint density at radius 3 is 2.63 bits per heavy atom. The van der Waals surface area contributed by atoms with Gasteiger partial charge in [0, 0.05) is 0 Å². The van der Waals surface area contributed by atoms with Crippen LogP contribution in [-0.4, -0.2) is 16.7 Å². The molecule has 2 aromatic carbocycles. The van der Waals surface area contributed by atoms with E-state index in [0.717, 1.165) is 36.3 Å². The Labute approximate surface area is 165 Å². The highest BCUT2D eigenvalue weighted by molar-refractivity contribution is 5.85. The van der Waals surface area contributed by atoms with Crippen LogP contribution in [0.4, 0.5) is 0 Å². The second kappa shape index (κ2) is 8.55. The maximum absolute atomic E-state index is 6.02. The van der Waals surface area contributed by atoms with Crippen LogP contribution >= 0.6 is 12.4 Å². The minimum Gasteiger partial charge on any atom is -0.488 e. The first-order chi connectivity index (χ1) is 12.7. The van der Waals surface area contributed by atoms with Crippen LogP contribution in [-0.2, 0) is 12.1 Å². The maximum atomic E-state index is 6.02. The molecule has 0 bridgehead atoms. The summed E-state index contributed by atoms with van der Waals surface area (Å²) in [6, 6.07) is 17.9. The van der Waals surface area contributed by atoms with Gasteiger partial charge in [0.15, 0.2) is 0 Å². The quantitative estimate of drug-likeness (QED) is 0.688. The summed E-state index contributed by atoms with van der Waals surface area (Å²) in [5, 5.41) is 7.73. The Balaban J connectivity index is 0.00000210. The number of aromatic nitrogens is 2. The number of nitrogens with zero attached hydrogens (tertiary/aromatic N) is 2. The van der Waals surface area contributed by atoms with Crippen molar-refractivity contribution in [2.75, 3.05) is 6.54 Å². The zero-order valence-corrected chi connectivity index (χ0v) is 16.2. The Hall–Kier alpha value is -2.37. The molecule has 27 heavy (non-hydrogen) atoms. The van der Waals surface area contributed by atoms with Crippen LogP contribution < -0.4 is 10.1 Å². The lowest BCUT2D eigenvalue weighted by Crippen LogP contribution is -2.43. The Kier molecular flexibility index (Phi) is 6.14. The molecule has 0 saturated carbocycles. The third-order valence-electron chi connectivity index (χ3n) is 4.88. The van der Waals surface area contributed by atoms with Gasteiger partial charge >= 0.3 is 0 Å². The molecule has 0 amide bonds. The van der Waals surface area contributed by atoms with E-state index in [4.69, 9.17) is 9.26 Å². The highest BCUT2D eigenvalue weighted by Gasteiger charge is 2.34. The molecule has 1 N–H and O–H groups in total. The largest absolute Gasteiger partial charge is 0.488 e. The third kappa shape index (κ3) is 4.31. The second-order valence-electron chi connectivity index (χ2n) is 6.91. The second-order valence-corrected chi connectivity index (χ2v) is 6.91. The van der Waals surface area contributed by atoms with E-state index in [1.807, 2.05) is 54.6 Å². The van der Waals surface area contributed by atoms with Gasteiger partial charge in [0.05, 0.1) is 11.1 Å². The Morgan fingerprint density at radius 1 is 1.07 bits per heavy atom. The van der Waals surface area contributed by atoms with Crippen LogP contribution in [0.2, 0.25) is 0 Å². The number of para-hydroxylation sites is 1. The lowest BCUT2D eigenvalue weighted by atomic mass is 9.91. The van der Waals surface area contributed by atoms with Crippen molar-refractivity contribution in [1.82, 2.24) is 15.5 Å². The number of piperidine rings is 1. The molecule has 1 atom stereocenters. The molecule has 1 unspecified atom stereocenters. The van der Waals surface area contributed by atoms with Gasteiger partial charge in [0.1, 0.15) is 12.4 Å². The molecular formula is C21H24ClN3O2. The lowest BCUT2D eigenvalue weighted by Gasteiger charge is -2.31. The Morgan fingerprint density at radius 2 is 1.85 bits per heavy atom. The number of hydrogen-bond acceptors (Lipinski definition) is 5. The first kappa shape index (κ1) is 19.4. The van der Waals surface area contributed by atoms with Crippen molar-refractivity contribution in [2.45, 2.75) is 38.3 Å². The first-order valence-electron chi connectivity index (χ1n) is 9.10. The number of nitrogens with one attached hydrogen (secondary N) is 1. The highest BCUT2D eigenvalue weighted by Crippen LogP contribution is 2.33. The third-order valence-corrected chi connectivity index (χ3v) is 4.88. The molecule has 3 aromatic rings. The number of hydrogen-bond donors (Lipinski definition) is 1. The molecule has 1 fully saturated rings. The van der Waals surface area contributed by atoms with E-state index in [1.165, 1.54) is 6.42 Å². The minimum absolute atomic E-state index is 0. The molecule has 1 aliphatic rings. The topological polar surface area (TPSA) is 60.2 Å². The van der Waals surface area contributed by atoms with Gasteiger partial charge in [-0.05, 0) is 50.4 Å². The van der Waals surface area contributed by atoms with Gasteiger partial charge in [0.25, 0.3) is 0 Å². The van der Waals surface area contributed by atoms with Crippen LogP contribution in [0.5, 0.6) is 5.75 Å². The summed E-state index contributed by atoms with van der Waals surface area (Å²) < 4.78 is 11.6. The van der Waals surface area contributed by atoms with E-state index < -0.39 is 0 Å². The van der Waals surface area contributed by atoms with Crippen molar-refractivity contribution < 1.29 is 9.26 Å². The van der Waals surface area contributed by atoms with Crippen molar-refractivity contribution in [1.29, 1.82) is 0 Å². The fourth-order valence-electron chi connectivity index (χ4n) is 3.31. The van der Waals surface area contributed by atoms with Gasteiger partial charge in [-0.2, -0.15) is 4.98 Å². The number of halogens is 1. The maximum Gasteiger partial charge on any atom is 0.246 e. The zero-order chi connectivity index (χ0) is 17.8. The molecule has 4 rings (SSSR count). The SMILES string of the molecule is CC1(c2nc(-c3ccccc3OCc3ccccc3)no2)CCCCN1.Cl. The summed E-state index contributed by atoms with van der Waals surface area (Å²) in [7, 11) is 0. The van der Waals surface area contributed by atoms with Crippen molar-refractivity contribution in [2.24, 2.45) is 0 Å². The summed E-state index contributed by atoms with van der Waals surface area (Å²) in [5.74, 6) is 1.97. The average molecular weight is 386 g/mol. The number of rotatable bonds is 5. The predicted octanol–water partition coefficient (Wildman–Crippen LogP) is 4.73. The summed E-state index contributed by atoms with van der Waals surface area (Å²) in [4.78, 5) is 4.67. The van der Waals surface area contributed by atoms with E-state index >= 15 is 0 Å². The molecule has 2 heterocycles. The molecule has 1 aromatic heterocycles. The van der Waals surface area contributed by atoms with Crippen LogP contribution in [0.25, 0.3) is 11.4 Å². The fourth-order valence-corrected chi connectivity index (χ4v) is 3.31. The van der Waals surface area contributed by atoms with Crippen LogP contribution in [0.3, 0.4) is 0 Å². The monoisotopic (exact) mass is 385 g/mol. The molecule has 0 aliphatic carbocycles. The van der Waals surface area contributed by atoms with Gasteiger partial charge in [-0.1, -0.05) is 47.6 Å². The van der Waals surface area contributed by atoms with Gasteiger partial charge in [-0.3, -0.25) is 0 Å². The zero-order valence-electron chi connectivity index (χ0n) is 15.4. The van der Waals surface area contributed by atoms with E-state index in [2.05, 4.69) is 22.4 Å². The van der Waals surface area contributed by atoms with E-state index in [9.17, 15) is 0 Å². The highest BCUT2D eigenvalue weighted by atomic mass is 35.5. The Bertz CT molecular complexity index is 861. The molecule has 0 spiro atoms. The summed E-state index contributed by atoms with van der Waals surface area (Å²) >= 11 is 0. The van der Waals surface area contributed by atoms with Gasteiger partial charge in [-0.25, -0.2) is 0 Å². The van der Waals surface area contributed by atoms with Crippen molar-refractivity contribution in [3.63, 3.8) is 0 Å². The fraction of sp³-hybridized carbons (Fsp3) is 0.333. The smallest absolute Gasteiger partial charge is 0.246 e. The molecule has 0 radical (unpaired) electrons. The van der Waals surface area contributed by atoms with Gasteiger partial charge in [0.2, 0.25) is 11.7 Å². The van der Waals surface area contributed by atoms with Crippen molar-refractivity contribution in [3.05, 3.63) is 66.1 Å². The standard InChI is InChI=1S/C21H23N3O2.ClH/c1-21(13-7-8-14-22-21)20-23-19(24-26-20)17-11-5-6-12-18(17)25-15-16-9-3-2-4-10-16;/h2-6,9-12,22H,7-8,13-15H2,1H3;1H. The summed E-state index contributed by atoms with van der Waals surface area (Å²) in [6.07, 6.45) is 3.35. The van der Waals surface area contributed by atoms with E-state index in [0.29, 0.717) is 18.3 Å². The summed E-state index contributed by atoms with van der Waals surface area (Å²) in [5.41, 5.74) is 1.72. The molecule has 6 heteroatoms. The molecule has 1 aliphatic heterocycles. The van der Waals surface area contributed by atoms with Crippen LogP contribution in [0.1, 0.15) is 37.6 Å². The van der Waals surface area contributed by atoms with Gasteiger partial charge < -0.3 is 14.6 Å². The summed E-state index contributed by atoms with van der Waals surface area (Å²) in [6.45, 7) is 3.61. The van der Waals surface area contributed by atoms with Crippen LogP contribution in [0.15, 0.2) is 59.1 Å². The van der Waals surface area contributed by atoms with Crippen molar-refractivity contribution in [3.8, 4) is 17.1 Å². The minimum atomic E-state index is -0.247. The molecule has 1 saturated heterocycles. The van der Waals surface area contributed by atoms with E-state index in [-0.39, 0.29) is 17.9 Å². The molecule has 5 nitrogen and oxygen atoms in total. The van der Waals surface area contributed by atoms with E-state index in [1.54, 1.807) is 0 Å². The van der Waals surface area contributed by atoms with Gasteiger partial charge in [-0.15, -0.1) is 12.4 Å². The van der Waals surface area contributed by atoms with Crippen LogP contribution in [0, 0.1) is 0 Å². The number of ether oxygens (including phenoxy) is 1.